The maximum atomic E-state index is 11.3. The minimum atomic E-state index is -0.162. The van der Waals surface area contributed by atoms with Gasteiger partial charge in [0.1, 0.15) is 18.5 Å². The van der Waals surface area contributed by atoms with Crippen molar-refractivity contribution in [2.45, 2.75) is 45.1 Å². The summed E-state index contributed by atoms with van der Waals surface area (Å²) in [7, 11) is 1.42. The van der Waals surface area contributed by atoms with E-state index in [1.54, 1.807) is 12.7 Å². The number of halogens is 1. The summed E-state index contributed by atoms with van der Waals surface area (Å²) in [6, 6.07) is 7.85. The zero-order chi connectivity index (χ0) is 24.6. The molecule has 3 heterocycles. The highest BCUT2D eigenvalue weighted by molar-refractivity contribution is 14.2. The smallest absolute Gasteiger partial charge is 0.305 e. The molecule has 0 aliphatic heterocycles. The summed E-state index contributed by atoms with van der Waals surface area (Å²) < 4.78 is 6.71. The first-order valence-electron chi connectivity index (χ1n) is 11.5. The normalized spacial score (nSPS) is 12.4. The van der Waals surface area contributed by atoms with Gasteiger partial charge in [0.05, 0.1) is 25.0 Å². The average molecular weight is 606 g/mol. The lowest BCUT2D eigenvalue weighted by atomic mass is 10.1. The van der Waals surface area contributed by atoms with Crippen molar-refractivity contribution in [2.24, 2.45) is 0 Å². The van der Waals surface area contributed by atoms with Gasteiger partial charge in [-0.15, -0.1) is 0 Å². The molecular weight excluding hydrogens is 578 g/mol. The Morgan fingerprint density at radius 2 is 2.00 bits per heavy atom. The van der Waals surface area contributed by atoms with Crippen LogP contribution in [0.5, 0.6) is 0 Å². The van der Waals surface area contributed by atoms with Crippen molar-refractivity contribution >= 4 is 68.1 Å². The number of esters is 1. The largest absolute Gasteiger partial charge is 0.469 e. The van der Waals surface area contributed by atoms with Crippen LogP contribution >= 0.6 is 28.4 Å². The number of unbranched alkanes of at least 4 members (excludes halogenated alkanes) is 2. The summed E-state index contributed by atoms with van der Waals surface area (Å²) >= 11 is 2.31. The number of para-hydroxylation sites is 1. The molecule has 0 amide bonds. The maximum Gasteiger partial charge on any atom is 0.305 e. The van der Waals surface area contributed by atoms with E-state index in [1.807, 2.05) is 28.6 Å². The number of ether oxygens (including phenoxy) is 1. The van der Waals surface area contributed by atoms with E-state index in [0.717, 1.165) is 60.1 Å². The van der Waals surface area contributed by atoms with Crippen LogP contribution in [-0.2, 0) is 9.53 Å². The molecule has 0 fully saturated rings. The van der Waals surface area contributed by atoms with E-state index in [9.17, 15) is 4.79 Å². The second kappa shape index (κ2) is 12.3. The molecule has 1 aromatic carbocycles. The van der Waals surface area contributed by atoms with Gasteiger partial charge in [0.2, 0.25) is 0 Å². The third-order valence-corrected chi connectivity index (χ3v) is 7.72. The fourth-order valence-corrected chi connectivity index (χ4v) is 5.19. The summed E-state index contributed by atoms with van der Waals surface area (Å²) in [4.78, 5) is 34.4. The molecule has 0 saturated heterocycles. The van der Waals surface area contributed by atoms with E-state index in [1.165, 1.54) is 7.11 Å². The number of anilines is 2. The van der Waals surface area contributed by atoms with Gasteiger partial charge >= 0.3 is 5.97 Å². The SMILES string of the molecule is CC[C@H](Nc1ncnc2c1ncn2PI)c1nc(NCCCCCC(=O)OC)c2ccccc2n1. The highest BCUT2D eigenvalue weighted by Gasteiger charge is 2.19. The Balaban J connectivity index is 1.53. The number of hydrogen-bond donors (Lipinski definition) is 2. The molecule has 0 saturated carbocycles. The third-order valence-electron chi connectivity index (χ3n) is 5.65. The number of carbonyl (C=O) groups is 1. The van der Waals surface area contributed by atoms with Gasteiger partial charge in [-0.3, -0.25) is 9.13 Å². The maximum absolute atomic E-state index is 11.3. The quantitative estimate of drug-likeness (QED) is 0.0962. The predicted octanol–water partition coefficient (Wildman–Crippen LogP) is 5.27. The van der Waals surface area contributed by atoms with Gasteiger partial charge in [0.25, 0.3) is 0 Å². The molecule has 10 nitrogen and oxygen atoms in total. The summed E-state index contributed by atoms with van der Waals surface area (Å²) in [6.45, 7) is 2.85. The molecular formula is C23H28IN8O2P. The van der Waals surface area contributed by atoms with Crippen molar-refractivity contribution in [3.63, 3.8) is 0 Å². The number of methoxy groups -OCH3 is 1. The Hall–Kier alpha value is -2.66. The van der Waals surface area contributed by atoms with Crippen LogP contribution in [0.25, 0.3) is 22.1 Å². The Kier molecular flexibility index (Phi) is 8.97. The lowest BCUT2D eigenvalue weighted by Gasteiger charge is -2.18. The fraction of sp³-hybridized carbons (Fsp3) is 0.391. The molecule has 184 valence electrons. The van der Waals surface area contributed by atoms with Gasteiger partial charge in [-0.05, 0) is 53.4 Å². The first-order chi connectivity index (χ1) is 17.1. The summed E-state index contributed by atoms with van der Waals surface area (Å²) in [6.07, 6.45) is 7.75. The molecule has 2 atom stereocenters. The predicted molar refractivity (Wildman–Crippen MR) is 148 cm³/mol. The van der Waals surface area contributed by atoms with Crippen LogP contribution in [-0.4, -0.2) is 48.9 Å². The number of nitrogens with one attached hydrogen (secondary N) is 2. The Bertz CT molecular complexity index is 1300. The molecule has 3 aromatic heterocycles. The van der Waals surface area contributed by atoms with Gasteiger partial charge in [0.15, 0.2) is 22.8 Å². The molecule has 0 aliphatic carbocycles. The summed E-state index contributed by atoms with van der Waals surface area (Å²) in [5.74, 6) is 2.01. The van der Waals surface area contributed by atoms with Crippen molar-refractivity contribution in [2.75, 3.05) is 24.3 Å². The van der Waals surface area contributed by atoms with Crippen LogP contribution in [0.2, 0.25) is 0 Å². The van der Waals surface area contributed by atoms with Crippen molar-refractivity contribution in [3.05, 3.63) is 42.7 Å². The number of aromatic nitrogens is 6. The van der Waals surface area contributed by atoms with Crippen LogP contribution in [0.1, 0.15) is 50.9 Å². The van der Waals surface area contributed by atoms with Gasteiger partial charge in [-0.25, -0.2) is 24.9 Å². The Morgan fingerprint density at radius 3 is 2.80 bits per heavy atom. The minimum absolute atomic E-state index is 0.148. The van der Waals surface area contributed by atoms with Crippen LogP contribution in [0.15, 0.2) is 36.9 Å². The number of imidazole rings is 1. The molecule has 0 bridgehead atoms. The summed E-state index contributed by atoms with van der Waals surface area (Å²) in [5, 5.41) is 7.95. The Morgan fingerprint density at radius 1 is 1.14 bits per heavy atom. The number of rotatable bonds is 12. The minimum Gasteiger partial charge on any atom is -0.469 e. The number of hydrogen-bond acceptors (Lipinski definition) is 9. The molecule has 0 aliphatic rings. The van der Waals surface area contributed by atoms with E-state index >= 15 is 0 Å². The van der Waals surface area contributed by atoms with E-state index in [0.29, 0.717) is 24.4 Å². The fourth-order valence-electron chi connectivity index (χ4n) is 3.78. The molecule has 2 N–H and O–H groups in total. The van der Waals surface area contributed by atoms with Gasteiger partial charge < -0.3 is 15.4 Å². The van der Waals surface area contributed by atoms with E-state index in [2.05, 4.69) is 54.6 Å². The topological polar surface area (TPSA) is 120 Å². The molecule has 4 rings (SSSR count). The van der Waals surface area contributed by atoms with Crippen molar-refractivity contribution in [3.8, 4) is 0 Å². The molecule has 12 heteroatoms. The van der Waals surface area contributed by atoms with Crippen molar-refractivity contribution in [1.82, 2.24) is 29.3 Å². The first-order valence-corrected chi connectivity index (χ1v) is 15.6. The van der Waals surface area contributed by atoms with Crippen LogP contribution in [0, 0.1) is 0 Å². The molecule has 4 aromatic rings. The monoisotopic (exact) mass is 606 g/mol. The number of benzene rings is 1. The molecule has 0 spiro atoms. The standard InChI is InChI=1S/C23H28IN8O2P/c1-3-16(29-22-19-23(27-13-26-22)32(35-24)14-28-19)21-30-17-10-7-6-9-15(17)20(31-21)25-12-8-4-5-11-18(33)34-2/h6-7,9-10,13-14,16,35H,3-5,8,11-12H2,1-2H3,(H,25,30,31)(H,26,27,29)/t16-/m0/s1. The van der Waals surface area contributed by atoms with Crippen LogP contribution in [0.4, 0.5) is 11.6 Å². The van der Waals surface area contributed by atoms with E-state index in [-0.39, 0.29) is 12.0 Å². The van der Waals surface area contributed by atoms with E-state index < -0.39 is 0 Å². The zero-order valence-corrected chi connectivity index (χ0v) is 22.8. The zero-order valence-electron chi connectivity index (χ0n) is 19.7. The van der Waals surface area contributed by atoms with Gasteiger partial charge in [-0.2, -0.15) is 0 Å². The van der Waals surface area contributed by atoms with Gasteiger partial charge in [0, 0.05) is 18.4 Å². The van der Waals surface area contributed by atoms with Crippen molar-refractivity contribution in [1.29, 1.82) is 0 Å². The van der Waals surface area contributed by atoms with Crippen LogP contribution in [0.3, 0.4) is 0 Å². The lowest BCUT2D eigenvalue weighted by molar-refractivity contribution is -0.140. The number of nitrogens with zero attached hydrogens (tertiary/aromatic N) is 6. The highest BCUT2D eigenvalue weighted by Crippen LogP contribution is 2.31. The average Bonchev–Trinajstić information content (AvgIpc) is 3.32. The second-order valence-corrected chi connectivity index (χ2v) is 10.1. The van der Waals surface area contributed by atoms with Crippen LogP contribution < -0.4 is 10.6 Å². The van der Waals surface area contributed by atoms with E-state index in [4.69, 9.17) is 14.7 Å². The van der Waals surface area contributed by atoms with Gasteiger partial charge in [-0.1, -0.05) is 25.5 Å². The number of carbonyl (C=O) groups excluding carboxylic acids is 1. The Labute approximate surface area is 218 Å². The number of fused-ring (bicyclic) bond motifs is 2. The first kappa shape index (κ1) is 25.4. The molecule has 35 heavy (non-hydrogen) atoms. The highest BCUT2D eigenvalue weighted by atomic mass is 127. The molecule has 0 radical (unpaired) electrons. The third kappa shape index (κ3) is 6.13. The molecule has 1 unspecified atom stereocenters. The van der Waals surface area contributed by atoms with Crippen molar-refractivity contribution < 1.29 is 9.53 Å². The lowest BCUT2D eigenvalue weighted by Crippen LogP contribution is -2.16. The second-order valence-electron chi connectivity index (χ2n) is 7.96. The summed E-state index contributed by atoms with van der Waals surface area (Å²) in [5.41, 5.74) is 2.43.